The van der Waals surface area contributed by atoms with E-state index in [1.165, 1.54) is 6.92 Å². The van der Waals surface area contributed by atoms with Crippen LogP contribution >= 0.6 is 0 Å². The van der Waals surface area contributed by atoms with Crippen molar-refractivity contribution >= 4 is 17.6 Å². The maximum atomic E-state index is 12.3. The Kier molecular flexibility index (Phi) is 5.80. The van der Waals surface area contributed by atoms with Crippen molar-refractivity contribution in [3.05, 3.63) is 48.5 Å². The van der Waals surface area contributed by atoms with Crippen LogP contribution in [0.2, 0.25) is 0 Å². The minimum absolute atomic E-state index is 0.0308. The molecule has 1 aliphatic heterocycles. The van der Waals surface area contributed by atoms with Gasteiger partial charge in [-0.3, -0.25) is 4.79 Å². The first kappa shape index (κ1) is 18.6. The van der Waals surface area contributed by atoms with Crippen LogP contribution in [0.1, 0.15) is 13.8 Å². The fourth-order valence-electron chi connectivity index (χ4n) is 2.48. The zero-order chi connectivity index (χ0) is 19.2. The molecule has 2 unspecified atom stereocenters. The maximum absolute atomic E-state index is 12.3. The summed E-state index contributed by atoms with van der Waals surface area (Å²) in [7, 11) is 0. The Hall–Kier alpha value is -3.22. The van der Waals surface area contributed by atoms with E-state index in [0.717, 1.165) is 0 Å². The molecule has 0 fully saturated rings. The van der Waals surface area contributed by atoms with Crippen molar-refractivity contribution in [1.29, 1.82) is 0 Å². The summed E-state index contributed by atoms with van der Waals surface area (Å²) in [5, 5.41) is 2.69. The van der Waals surface area contributed by atoms with Crippen LogP contribution in [0, 0.1) is 0 Å². The van der Waals surface area contributed by atoms with Crippen LogP contribution in [-0.4, -0.2) is 37.3 Å². The lowest BCUT2D eigenvalue weighted by molar-refractivity contribution is -0.162. The summed E-state index contributed by atoms with van der Waals surface area (Å²) < 4.78 is 21.6. The fraction of sp³-hybridized carbons (Fsp3) is 0.300. The number of amides is 1. The Morgan fingerprint density at radius 2 is 1.85 bits per heavy atom. The van der Waals surface area contributed by atoms with Crippen molar-refractivity contribution in [3.63, 3.8) is 0 Å². The zero-order valence-electron chi connectivity index (χ0n) is 15.1. The number of carbonyl (C=O) groups is 2. The molecule has 1 N–H and O–H groups in total. The van der Waals surface area contributed by atoms with Crippen molar-refractivity contribution < 1.29 is 28.5 Å². The van der Waals surface area contributed by atoms with Gasteiger partial charge >= 0.3 is 5.97 Å². The van der Waals surface area contributed by atoms with Crippen LogP contribution in [0.3, 0.4) is 0 Å². The van der Waals surface area contributed by atoms with Crippen molar-refractivity contribution in [2.45, 2.75) is 26.1 Å². The molecule has 0 aromatic heterocycles. The van der Waals surface area contributed by atoms with E-state index < -0.39 is 24.1 Å². The van der Waals surface area contributed by atoms with Gasteiger partial charge in [-0.05, 0) is 50.2 Å². The number of anilines is 1. The van der Waals surface area contributed by atoms with Crippen molar-refractivity contribution in [1.82, 2.24) is 0 Å². The van der Waals surface area contributed by atoms with E-state index in [9.17, 15) is 9.59 Å². The molecule has 3 rings (SSSR count). The Morgan fingerprint density at radius 3 is 2.56 bits per heavy atom. The van der Waals surface area contributed by atoms with Gasteiger partial charge in [0.1, 0.15) is 12.4 Å². The Bertz CT molecular complexity index is 804. The number of fused-ring (bicyclic) bond motifs is 1. The molecule has 7 heteroatoms. The Balaban J connectivity index is 1.52. The molecule has 27 heavy (non-hydrogen) atoms. The number of carbonyl (C=O) groups excluding carboxylic acids is 2. The first-order valence-corrected chi connectivity index (χ1v) is 8.69. The standard InChI is InChI=1S/C20H21NO6/c1-3-24-15-10-8-14(9-11-15)21-19(22)13(2)26-20(23)18-12-25-16-6-4-5-7-17(16)27-18/h4-11,13,18H,3,12H2,1-2H3,(H,21,22). The van der Waals surface area contributed by atoms with E-state index in [4.69, 9.17) is 18.9 Å². The van der Waals surface area contributed by atoms with Crippen LogP contribution < -0.4 is 19.5 Å². The smallest absolute Gasteiger partial charge is 0.351 e. The Labute approximate surface area is 157 Å². The highest BCUT2D eigenvalue weighted by Gasteiger charge is 2.31. The number of nitrogens with one attached hydrogen (secondary N) is 1. The third-order valence-electron chi connectivity index (χ3n) is 3.87. The summed E-state index contributed by atoms with van der Waals surface area (Å²) in [4.78, 5) is 24.5. The molecule has 1 heterocycles. The third-order valence-corrected chi connectivity index (χ3v) is 3.87. The predicted octanol–water partition coefficient (Wildman–Crippen LogP) is 2.80. The maximum Gasteiger partial charge on any atom is 0.351 e. The summed E-state index contributed by atoms with van der Waals surface area (Å²) in [5.41, 5.74) is 0.581. The number of rotatable bonds is 6. The van der Waals surface area contributed by atoms with E-state index >= 15 is 0 Å². The fourth-order valence-corrected chi connectivity index (χ4v) is 2.48. The van der Waals surface area contributed by atoms with E-state index in [-0.39, 0.29) is 6.61 Å². The molecule has 0 radical (unpaired) electrons. The molecule has 0 saturated carbocycles. The molecule has 7 nitrogen and oxygen atoms in total. The average molecular weight is 371 g/mol. The van der Waals surface area contributed by atoms with Gasteiger partial charge in [0.25, 0.3) is 5.91 Å². The molecule has 0 spiro atoms. The van der Waals surface area contributed by atoms with Crippen LogP contribution in [0.4, 0.5) is 5.69 Å². The van der Waals surface area contributed by atoms with Gasteiger partial charge in [0, 0.05) is 5.69 Å². The second-order valence-corrected chi connectivity index (χ2v) is 5.89. The molecular formula is C20H21NO6. The van der Waals surface area contributed by atoms with Crippen LogP contribution in [0.15, 0.2) is 48.5 Å². The number of esters is 1. The summed E-state index contributed by atoms with van der Waals surface area (Å²) in [6.45, 7) is 3.99. The SMILES string of the molecule is CCOc1ccc(NC(=O)C(C)OC(=O)C2COc3ccccc3O2)cc1. The van der Waals surface area contributed by atoms with Gasteiger partial charge in [-0.2, -0.15) is 0 Å². The summed E-state index contributed by atoms with van der Waals surface area (Å²) >= 11 is 0. The predicted molar refractivity (Wildman–Crippen MR) is 98.1 cm³/mol. The Morgan fingerprint density at radius 1 is 1.15 bits per heavy atom. The van der Waals surface area contributed by atoms with Gasteiger partial charge in [0.15, 0.2) is 17.6 Å². The van der Waals surface area contributed by atoms with Crippen molar-refractivity contribution in [3.8, 4) is 17.2 Å². The molecule has 1 amide bonds. The molecule has 1 aliphatic rings. The molecule has 142 valence electrons. The number of benzene rings is 2. The largest absolute Gasteiger partial charge is 0.494 e. The first-order valence-electron chi connectivity index (χ1n) is 8.69. The minimum Gasteiger partial charge on any atom is -0.494 e. The summed E-state index contributed by atoms with van der Waals surface area (Å²) in [5.74, 6) is 0.660. The molecule has 0 saturated heterocycles. The lowest BCUT2D eigenvalue weighted by Crippen LogP contribution is -2.41. The molecule has 2 aromatic rings. The van der Waals surface area contributed by atoms with Gasteiger partial charge in [-0.25, -0.2) is 4.79 Å². The van der Waals surface area contributed by atoms with E-state index in [1.807, 2.05) is 13.0 Å². The van der Waals surface area contributed by atoms with E-state index in [1.54, 1.807) is 42.5 Å². The molecule has 0 bridgehead atoms. The highest BCUT2D eigenvalue weighted by atomic mass is 16.6. The molecule has 2 atom stereocenters. The van der Waals surface area contributed by atoms with Crippen LogP contribution in [0.5, 0.6) is 17.2 Å². The summed E-state index contributed by atoms with van der Waals surface area (Å²) in [6.07, 6.45) is -1.90. The zero-order valence-corrected chi connectivity index (χ0v) is 15.1. The molecular weight excluding hydrogens is 350 g/mol. The number of hydrogen-bond donors (Lipinski definition) is 1. The second kappa shape index (κ2) is 8.44. The van der Waals surface area contributed by atoms with Crippen molar-refractivity contribution in [2.24, 2.45) is 0 Å². The highest BCUT2D eigenvalue weighted by molar-refractivity contribution is 5.95. The minimum atomic E-state index is -0.982. The van der Waals surface area contributed by atoms with E-state index in [0.29, 0.717) is 29.5 Å². The normalized spacial score (nSPS) is 16.1. The summed E-state index contributed by atoms with van der Waals surface area (Å²) in [6, 6.07) is 14.0. The lowest BCUT2D eigenvalue weighted by Gasteiger charge is -2.25. The topological polar surface area (TPSA) is 83.1 Å². The van der Waals surface area contributed by atoms with Crippen LogP contribution in [0.25, 0.3) is 0 Å². The van der Waals surface area contributed by atoms with Crippen molar-refractivity contribution in [2.75, 3.05) is 18.5 Å². The van der Waals surface area contributed by atoms with Gasteiger partial charge in [0.2, 0.25) is 6.10 Å². The molecule has 0 aliphatic carbocycles. The van der Waals surface area contributed by atoms with Gasteiger partial charge in [-0.1, -0.05) is 12.1 Å². The monoisotopic (exact) mass is 371 g/mol. The highest BCUT2D eigenvalue weighted by Crippen LogP contribution is 2.31. The quantitative estimate of drug-likeness (QED) is 0.786. The third kappa shape index (κ3) is 4.69. The van der Waals surface area contributed by atoms with Crippen LogP contribution in [-0.2, 0) is 14.3 Å². The number of ether oxygens (including phenoxy) is 4. The number of hydrogen-bond acceptors (Lipinski definition) is 6. The van der Waals surface area contributed by atoms with Gasteiger partial charge in [-0.15, -0.1) is 0 Å². The lowest BCUT2D eigenvalue weighted by atomic mass is 10.2. The average Bonchev–Trinajstić information content (AvgIpc) is 2.69. The first-order chi connectivity index (χ1) is 13.1. The van der Waals surface area contributed by atoms with Gasteiger partial charge in [0.05, 0.1) is 6.61 Å². The van der Waals surface area contributed by atoms with Gasteiger partial charge < -0.3 is 24.3 Å². The van der Waals surface area contributed by atoms with E-state index in [2.05, 4.69) is 5.32 Å². The molecule has 2 aromatic carbocycles. The number of para-hydroxylation sites is 2. The second-order valence-electron chi connectivity index (χ2n) is 5.89.